The van der Waals surface area contributed by atoms with Crippen molar-refractivity contribution < 1.29 is 14.0 Å². The summed E-state index contributed by atoms with van der Waals surface area (Å²) in [5, 5.41) is 5.78. The van der Waals surface area contributed by atoms with Crippen LogP contribution >= 0.6 is 0 Å². The minimum absolute atomic E-state index is 0.135. The van der Waals surface area contributed by atoms with Crippen LogP contribution in [0.3, 0.4) is 0 Å². The maximum Gasteiger partial charge on any atom is 0.255 e. The van der Waals surface area contributed by atoms with Crippen LogP contribution in [0.1, 0.15) is 56.8 Å². The molecule has 1 aromatic heterocycles. The number of carbonyl (C=O) groups is 2. The third kappa shape index (κ3) is 4.09. The van der Waals surface area contributed by atoms with Crippen molar-refractivity contribution in [1.82, 2.24) is 10.6 Å². The Morgan fingerprint density at radius 1 is 1.38 bits per heavy atom. The first-order valence-corrected chi connectivity index (χ1v) is 7.55. The second kappa shape index (κ2) is 6.33. The molecule has 2 N–H and O–H groups in total. The molecule has 1 fully saturated rings. The van der Waals surface area contributed by atoms with Crippen molar-refractivity contribution in [2.45, 2.75) is 58.0 Å². The van der Waals surface area contributed by atoms with Crippen molar-refractivity contribution in [3.05, 3.63) is 24.2 Å². The van der Waals surface area contributed by atoms with Gasteiger partial charge in [0.05, 0.1) is 11.8 Å². The fourth-order valence-corrected chi connectivity index (χ4v) is 2.67. The Morgan fingerprint density at radius 2 is 2.05 bits per heavy atom. The summed E-state index contributed by atoms with van der Waals surface area (Å²) in [7, 11) is 0. The molecule has 0 aliphatic heterocycles. The molecule has 0 bridgehead atoms. The van der Waals surface area contributed by atoms with E-state index in [0.717, 1.165) is 31.6 Å². The highest BCUT2D eigenvalue weighted by molar-refractivity contribution is 5.97. The quantitative estimate of drug-likeness (QED) is 0.895. The molecule has 2 rings (SSSR count). The summed E-state index contributed by atoms with van der Waals surface area (Å²) < 4.78 is 4.86. The van der Waals surface area contributed by atoms with Gasteiger partial charge in [0.25, 0.3) is 5.91 Å². The molecule has 5 heteroatoms. The Bertz CT molecular complexity index is 488. The van der Waals surface area contributed by atoms with Crippen molar-refractivity contribution in [3.8, 4) is 0 Å². The molecule has 21 heavy (non-hydrogen) atoms. The topological polar surface area (TPSA) is 71.3 Å². The molecule has 0 spiro atoms. The molecule has 0 unspecified atom stereocenters. The van der Waals surface area contributed by atoms with Gasteiger partial charge in [-0.3, -0.25) is 9.59 Å². The van der Waals surface area contributed by atoms with Gasteiger partial charge < -0.3 is 15.1 Å². The van der Waals surface area contributed by atoms with E-state index in [-0.39, 0.29) is 17.4 Å². The Labute approximate surface area is 125 Å². The molecule has 1 aliphatic rings. The van der Waals surface area contributed by atoms with Crippen LogP contribution in [0.2, 0.25) is 0 Å². The first kappa shape index (κ1) is 15.6. The zero-order valence-corrected chi connectivity index (χ0v) is 12.9. The highest BCUT2D eigenvalue weighted by Gasteiger charge is 2.32. The predicted octanol–water partition coefficient (Wildman–Crippen LogP) is 2.48. The van der Waals surface area contributed by atoms with Gasteiger partial charge in [-0.2, -0.15) is 0 Å². The maximum atomic E-state index is 12.3. The molecule has 0 saturated heterocycles. The van der Waals surface area contributed by atoms with Crippen LogP contribution in [-0.4, -0.2) is 23.4 Å². The molecule has 1 saturated carbocycles. The van der Waals surface area contributed by atoms with E-state index in [0.29, 0.717) is 5.56 Å². The predicted molar refractivity (Wildman–Crippen MR) is 79.8 cm³/mol. The Balaban J connectivity index is 1.86. The lowest BCUT2D eigenvalue weighted by molar-refractivity contribution is -0.124. The smallest absolute Gasteiger partial charge is 0.255 e. The second-order valence-electron chi connectivity index (χ2n) is 6.44. The number of hydrogen-bond donors (Lipinski definition) is 2. The lowest BCUT2D eigenvalue weighted by atomic mass is 9.78. The van der Waals surface area contributed by atoms with E-state index in [1.807, 2.05) is 0 Å². The van der Waals surface area contributed by atoms with Crippen LogP contribution in [0, 0.1) is 5.92 Å². The van der Waals surface area contributed by atoms with Crippen LogP contribution in [0.5, 0.6) is 0 Å². The average Bonchev–Trinajstić information content (AvgIpc) is 2.96. The molecule has 1 atom stereocenters. The highest BCUT2D eigenvalue weighted by atomic mass is 16.3. The third-order valence-corrected chi connectivity index (χ3v) is 4.33. The molecule has 0 radical (unpaired) electrons. The summed E-state index contributed by atoms with van der Waals surface area (Å²) in [5.41, 5.74) is 0.269. The van der Waals surface area contributed by atoms with Crippen LogP contribution in [0.4, 0.5) is 0 Å². The van der Waals surface area contributed by atoms with E-state index in [2.05, 4.69) is 24.5 Å². The van der Waals surface area contributed by atoms with Crippen molar-refractivity contribution in [3.63, 3.8) is 0 Å². The van der Waals surface area contributed by atoms with Gasteiger partial charge >= 0.3 is 0 Å². The summed E-state index contributed by atoms with van der Waals surface area (Å²) >= 11 is 0. The Morgan fingerprint density at radius 3 is 2.62 bits per heavy atom. The average molecular weight is 292 g/mol. The number of amides is 2. The first-order chi connectivity index (χ1) is 9.89. The van der Waals surface area contributed by atoms with Gasteiger partial charge in [-0.05, 0) is 51.5 Å². The van der Waals surface area contributed by atoms with E-state index in [4.69, 9.17) is 4.42 Å². The molecule has 2 amide bonds. The summed E-state index contributed by atoms with van der Waals surface area (Å²) in [6.07, 6.45) is 7.04. The Kier molecular flexibility index (Phi) is 4.70. The lowest BCUT2D eigenvalue weighted by Crippen LogP contribution is -2.54. The van der Waals surface area contributed by atoms with Gasteiger partial charge in [0.1, 0.15) is 12.3 Å². The van der Waals surface area contributed by atoms with E-state index in [9.17, 15) is 9.59 Å². The largest absolute Gasteiger partial charge is 0.472 e. The van der Waals surface area contributed by atoms with Crippen LogP contribution in [-0.2, 0) is 4.79 Å². The monoisotopic (exact) mass is 292 g/mol. The van der Waals surface area contributed by atoms with Crippen molar-refractivity contribution in [2.75, 3.05) is 0 Å². The molecule has 5 nitrogen and oxygen atoms in total. The zero-order valence-electron chi connectivity index (χ0n) is 12.9. The maximum absolute atomic E-state index is 12.3. The summed E-state index contributed by atoms with van der Waals surface area (Å²) in [6, 6.07) is 1.01. The number of furan rings is 1. The van der Waals surface area contributed by atoms with Crippen molar-refractivity contribution >= 4 is 11.8 Å². The highest BCUT2D eigenvalue weighted by Crippen LogP contribution is 2.31. The zero-order chi connectivity index (χ0) is 15.5. The minimum Gasteiger partial charge on any atom is -0.472 e. The number of rotatable bonds is 4. The fourth-order valence-electron chi connectivity index (χ4n) is 2.67. The molecular weight excluding hydrogens is 268 g/mol. The molecule has 1 heterocycles. The first-order valence-electron chi connectivity index (χ1n) is 7.55. The van der Waals surface area contributed by atoms with Crippen LogP contribution in [0.15, 0.2) is 23.0 Å². The number of hydrogen-bond acceptors (Lipinski definition) is 3. The van der Waals surface area contributed by atoms with Gasteiger partial charge in [-0.25, -0.2) is 0 Å². The van der Waals surface area contributed by atoms with E-state index in [1.54, 1.807) is 13.0 Å². The second-order valence-corrected chi connectivity index (χ2v) is 6.44. The normalized spacial score (nSPS) is 26.9. The Hall–Kier alpha value is -1.78. The van der Waals surface area contributed by atoms with Crippen LogP contribution in [0.25, 0.3) is 0 Å². The third-order valence-electron chi connectivity index (χ3n) is 4.33. The molecule has 1 aromatic rings. The number of carbonyl (C=O) groups excluding carboxylic acids is 2. The summed E-state index contributed by atoms with van der Waals surface area (Å²) in [6.45, 7) is 6.03. The van der Waals surface area contributed by atoms with E-state index >= 15 is 0 Å². The molecular formula is C16H24N2O3. The standard InChI is InChI=1S/C16H24N2O3/c1-11-4-7-16(3,8-5-11)18-14(19)12(2)17-15(20)13-6-9-21-10-13/h6,9-12H,4-5,7-8H2,1-3H3,(H,17,20)(H,18,19)/t11?,12-,16?/m1/s1. The molecule has 1 aliphatic carbocycles. The molecule has 0 aromatic carbocycles. The van der Waals surface area contributed by atoms with Crippen molar-refractivity contribution in [1.29, 1.82) is 0 Å². The van der Waals surface area contributed by atoms with Gasteiger partial charge in [0.15, 0.2) is 0 Å². The van der Waals surface area contributed by atoms with Crippen LogP contribution < -0.4 is 10.6 Å². The van der Waals surface area contributed by atoms with E-state index in [1.165, 1.54) is 12.5 Å². The van der Waals surface area contributed by atoms with E-state index < -0.39 is 6.04 Å². The SMILES string of the molecule is CC1CCC(C)(NC(=O)[C@@H](C)NC(=O)c2ccoc2)CC1. The minimum atomic E-state index is -0.566. The van der Waals surface area contributed by atoms with Gasteiger partial charge in [-0.1, -0.05) is 6.92 Å². The summed E-state index contributed by atoms with van der Waals surface area (Å²) in [5.74, 6) is 0.297. The van der Waals surface area contributed by atoms with Gasteiger partial charge in [0.2, 0.25) is 5.91 Å². The lowest BCUT2D eigenvalue weighted by Gasteiger charge is -2.37. The fraction of sp³-hybridized carbons (Fsp3) is 0.625. The van der Waals surface area contributed by atoms with Gasteiger partial charge in [-0.15, -0.1) is 0 Å². The van der Waals surface area contributed by atoms with Gasteiger partial charge in [0, 0.05) is 5.54 Å². The van der Waals surface area contributed by atoms with Crippen molar-refractivity contribution in [2.24, 2.45) is 5.92 Å². The number of nitrogens with one attached hydrogen (secondary N) is 2. The molecule has 116 valence electrons. The summed E-state index contributed by atoms with van der Waals surface area (Å²) in [4.78, 5) is 24.1.